The van der Waals surface area contributed by atoms with Crippen LogP contribution in [0.3, 0.4) is 0 Å². The highest BCUT2D eigenvalue weighted by Crippen LogP contribution is 2.24. The summed E-state index contributed by atoms with van der Waals surface area (Å²) in [5.41, 5.74) is 3.76. The summed E-state index contributed by atoms with van der Waals surface area (Å²) in [6, 6.07) is 8.27. The number of carboxylic acids is 1. The highest BCUT2D eigenvalue weighted by atomic mass is 16.4. The van der Waals surface area contributed by atoms with Crippen molar-refractivity contribution >= 4 is 5.97 Å². The molecule has 4 heteroatoms. The molecule has 1 aromatic carbocycles. The second kappa shape index (κ2) is 4.21. The van der Waals surface area contributed by atoms with Crippen LogP contribution in [0.5, 0.6) is 0 Å². The Kier molecular flexibility index (Phi) is 3.22. The Hall–Kier alpha value is -1.39. The summed E-state index contributed by atoms with van der Waals surface area (Å²) in [5.74, 6) is -1.27. The van der Waals surface area contributed by atoms with Crippen LogP contribution in [0.4, 0.5) is 0 Å². The van der Waals surface area contributed by atoms with Crippen LogP contribution in [0.25, 0.3) is 0 Å². The molecular weight excluding hydrogens is 182 g/mol. The third-order valence-electron chi connectivity index (χ3n) is 2.11. The van der Waals surface area contributed by atoms with Crippen molar-refractivity contribution in [2.75, 3.05) is 6.54 Å². The fourth-order valence-corrected chi connectivity index (χ4v) is 1.30. The Balaban J connectivity index is 3.06. The summed E-state index contributed by atoms with van der Waals surface area (Å²) in [6.45, 7) is 0.123. The van der Waals surface area contributed by atoms with E-state index >= 15 is 0 Å². The lowest BCUT2D eigenvalue weighted by Gasteiger charge is -2.22. The Morgan fingerprint density at radius 3 is 2.36 bits per heavy atom. The van der Waals surface area contributed by atoms with Gasteiger partial charge in [-0.2, -0.15) is 0 Å². The predicted octanol–water partition coefficient (Wildman–Crippen LogP) is 0.308. The van der Waals surface area contributed by atoms with E-state index in [0.29, 0.717) is 5.56 Å². The zero-order valence-electron chi connectivity index (χ0n) is 7.68. The van der Waals surface area contributed by atoms with Crippen molar-refractivity contribution in [2.45, 2.75) is 12.0 Å². The molecule has 14 heavy (non-hydrogen) atoms. The molecule has 4 nitrogen and oxygen atoms in total. The number of hydrogen-bond donors (Lipinski definition) is 3. The Labute approximate surface area is 82.0 Å². The average molecular weight is 195 g/mol. The van der Waals surface area contributed by atoms with Gasteiger partial charge in [0, 0.05) is 6.42 Å². The van der Waals surface area contributed by atoms with E-state index in [9.17, 15) is 9.90 Å². The standard InChI is InChI=1S/C10H13NO3/c11-7-6-10(14,9(12)13)8-4-2-1-3-5-8/h1-5,14H,6-7,11H2,(H,12,13). The maximum Gasteiger partial charge on any atom is 0.340 e. The van der Waals surface area contributed by atoms with Gasteiger partial charge in [-0.25, -0.2) is 4.79 Å². The molecule has 0 aromatic heterocycles. The Morgan fingerprint density at radius 2 is 1.93 bits per heavy atom. The molecule has 0 heterocycles. The molecule has 0 aliphatic carbocycles. The highest BCUT2D eigenvalue weighted by molar-refractivity contribution is 5.79. The minimum atomic E-state index is -1.87. The summed E-state index contributed by atoms with van der Waals surface area (Å²) in [5, 5.41) is 18.8. The fourth-order valence-electron chi connectivity index (χ4n) is 1.30. The first-order chi connectivity index (χ1) is 6.61. The van der Waals surface area contributed by atoms with Gasteiger partial charge in [-0.15, -0.1) is 0 Å². The molecule has 0 amide bonds. The zero-order chi connectivity index (χ0) is 10.6. The molecule has 1 atom stereocenters. The molecule has 1 rings (SSSR count). The van der Waals surface area contributed by atoms with Crippen LogP contribution in [0.1, 0.15) is 12.0 Å². The fraction of sp³-hybridized carbons (Fsp3) is 0.300. The third-order valence-corrected chi connectivity index (χ3v) is 2.11. The van der Waals surface area contributed by atoms with Crippen molar-refractivity contribution in [2.24, 2.45) is 5.73 Å². The van der Waals surface area contributed by atoms with Crippen molar-refractivity contribution in [1.82, 2.24) is 0 Å². The van der Waals surface area contributed by atoms with Gasteiger partial charge < -0.3 is 15.9 Å². The second-order valence-corrected chi connectivity index (χ2v) is 3.07. The first kappa shape index (κ1) is 10.7. The van der Waals surface area contributed by atoms with Gasteiger partial charge in [0.2, 0.25) is 0 Å². The van der Waals surface area contributed by atoms with Crippen LogP contribution in [-0.2, 0) is 10.4 Å². The van der Waals surface area contributed by atoms with Crippen molar-refractivity contribution < 1.29 is 15.0 Å². The Morgan fingerprint density at radius 1 is 1.36 bits per heavy atom. The number of aliphatic carboxylic acids is 1. The Bertz CT molecular complexity index is 312. The molecule has 76 valence electrons. The lowest BCUT2D eigenvalue weighted by molar-refractivity contribution is -0.160. The zero-order valence-corrected chi connectivity index (χ0v) is 7.68. The molecule has 0 bridgehead atoms. The first-order valence-electron chi connectivity index (χ1n) is 4.32. The minimum absolute atomic E-state index is 0.00630. The smallest absolute Gasteiger partial charge is 0.340 e. The summed E-state index contributed by atoms with van der Waals surface area (Å²) >= 11 is 0. The van der Waals surface area contributed by atoms with Crippen LogP contribution < -0.4 is 5.73 Å². The van der Waals surface area contributed by atoms with Crippen molar-refractivity contribution in [3.8, 4) is 0 Å². The first-order valence-corrected chi connectivity index (χ1v) is 4.32. The number of hydrogen-bond acceptors (Lipinski definition) is 3. The quantitative estimate of drug-likeness (QED) is 0.645. The van der Waals surface area contributed by atoms with E-state index < -0.39 is 11.6 Å². The maximum absolute atomic E-state index is 10.9. The summed E-state index contributed by atoms with van der Waals surface area (Å²) in [6.07, 6.45) is 0.00630. The van der Waals surface area contributed by atoms with E-state index in [1.54, 1.807) is 30.3 Å². The maximum atomic E-state index is 10.9. The van der Waals surface area contributed by atoms with E-state index in [1.807, 2.05) is 0 Å². The molecule has 0 aliphatic heterocycles. The van der Waals surface area contributed by atoms with Crippen LogP contribution in [-0.4, -0.2) is 22.7 Å². The van der Waals surface area contributed by atoms with Crippen LogP contribution in [0.2, 0.25) is 0 Å². The monoisotopic (exact) mass is 195 g/mol. The second-order valence-electron chi connectivity index (χ2n) is 3.07. The number of aliphatic hydroxyl groups is 1. The number of rotatable bonds is 4. The molecule has 0 saturated heterocycles. The van der Waals surface area contributed by atoms with Gasteiger partial charge in [-0.05, 0) is 12.1 Å². The topological polar surface area (TPSA) is 83.5 Å². The minimum Gasteiger partial charge on any atom is -0.479 e. The van der Waals surface area contributed by atoms with Crippen molar-refractivity contribution in [1.29, 1.82) is 0 Å². The molecule has 4 N–H and O–H groups in total. The molecule has 0 spiro atoms. The summed E-state index contributed by atoms with van der Waals surface area (Å²) < 4.78 is 0. The molecular formula is C10H13NO3. The van der Waals surface area contributed by atoms with Gasteiger partial charge >= 0.3 is 5.97 Å². The number of carbonyl (C=O) groups is 1. The van der Waals surface area contributed by atoms with Gasteiger partial charge in [-0.3, -0.25) is 0 Å². The molecule has 0 fully saturated rings. The third kappa shape index (κ3) is 1.92. The number of carboxylic acid groups (broad SMARTS) is 1. The van der Waals surface area contributed by atoms with E-state index in [0.717, 1.165) is 0 Å². The summed E-state index contributed by atoms with van der Waals surface area (Å²) in [4.78, 5) is 10.9. The van der Waals surface area contributed by atoms with E-state index in [4.69, 9.17) is 10.8 Å². The normalized spacial score (nSPS) is 14.7. The SMILES string of the molecule is NCCC(O)(C(=O)O)c1ccccc1. The number of benzene rings is 1. The van der Waals surface area contributed by atoms with E-state index in [1.165, 1.54) is 0 Å². The highest BCUT2D eigenvalue weighted by Gasteiger charge is 2.36. The van der Waals surface area contributed by atoms with Gasteiger partial charge in [0.1, 0.15) is 0 Å². The van der Waals surface area contributed by atoms with E-state index in [2.05, 4.69) is 0 Å². The largest absolute Gasteiger partial charge is 0.479 e. The predicted molar refractivity (Wildman–Crippen MR) is 51.6 cm³/mol. The van der Waals surface area contributed by atoms with Crippen molar-refractivity contribution in [3.63, 3.8) is 0 Å². The van der Waals surface area contributed by atoms with Gasteiger partial charge in [-0.1, -0.05) is 30.3 Å². The van der Waals surface area contributed by atoms with Crippen molar-refractivity contribution in [3.05, 3.63) is 35.9 Å². The number of nitrogens with two attached hydrogens (primary N) is 1. The molecule has 0 saturated carbocycles. The van der Waals surface area contributed by atoms with E-state index in [-0.39, 0.29) is 13.0 Å². The average Bonchev–Trinajstić information content (AvgIpc) is 2.19. The van der Waals surface area contributed by atoms with Crippen LogP contribution in [0.15, 0.2) is 30.3 Å². The van der Waals surface area contributed by atoms with Gasteiger partial charge in [0.15, 0.2) is 5.60 Å². The molecule has 0 aliphatic rings. The van der Waals surface area contributed by atoms with Crippen LogP contribution in [0, 0.1) is 0 Å². The van der Waals surface area contributed by atoms with Gasteiger partial charge in [0.05, 0.1) is 0 Å². The molecule has 1 unspecified atom stereocenters. The molecule has 1 aromatic rings. The lowest BCUT2D eigenvalue weighted by Crippen LogP contribution is -2.37. The lowest BCUT2D eigenvalue weighted by atomic mass is 9.91. The van der Waals surface area contributed by atoms with Gasteiger partial charge in [0.25, 0.3) is 0 Å². The van der Waals surface area contributed by atoms with Crippen LogP contribution >= 0.6 is 0 Å². The molecule has 0 radical (unpaired) electrons. The summed E-state index contributed by atoms with van der Waals surface area (Å²) in [7, 11) is 0.